The van der Waals surface area contributed by atoms with Crippen LogP contribution in [0.5, 0.6) is 0 Å². The quantitative estimate of drug-likeness (QED) is 0.541. The summed E-state index contributed by atoms with van der Waals surface area (Å²) in [7, 11) is 0. The molecule has 1 fully saturated rings. The fraction of sp³-hybridized carbons (Fsp3) is 0.364. The number of nitrogens with zero attached hydrogens (tertiary/aromatic N) is 4. The number of aromatic nitrogens is 3. The molecule has 0 saturated carbocycles. The molecule has 9 heteroatoms. The lowest BCUT2D eigenvalue weighted by atomic mass is 9.98. The maximum atomic E-state index is 12.9. The SMILES string of the molecule is CCOC(=O)[C@@H]1CCCN(C(=O)Cn2cccc2-c2nc(-c3ccc(Cl)cc3)no2)C1. The van der Waals surface area contributed by atoms with Crippen LogP contribution in [0.3, 0.4) is 0 Å². The summed E-state index contributed by atoms with van der Waals surface area (Å²) in [6.45, 7) is 3.27. The van der Waals surface area contributed by atoms with Gasteiger partial charge in [-0.1, -0.05) is 16.8 Å². The third-order valence-electron chi connectivity index (χ3n) is 5.28. The van der Waals surface area contributed by atoms with E-state index in [2.05, 4.69) is 10.1 Å². The van der Waals surface area contributed by atoms with E-state index in [0.29, 0.717) is 42.1 Å². The predicted molar refractivity (Wildman–Crippen MR) is 114 cm³/mol. The Kier molecular flexibility index (Phi) is 6.36. The number of likely N-dealkylation sites (tertiary alicyclic amines) is 1. The number of halogens is 1. The number of amides is 1. The molecule has 0 unspecified atom stereocenters. The lowest BCUT2D eigenvalue weighted by Gasteiger charge is -2.31. The van der Waals surface area contributed by atoms with Gasteiger partial charge in [0, 0.05) is 29.9 Å². The van der Waals surface area contributed by atoms with E-state index >= 15 is 0 Å². The maximum Gasteiger partial charge on any atom is 0.310 e. The molecule has 2 aromatic heterocycles. The molecule has 8 nitrogen and oxygen atoms in total. The van der Waals surface area contributed by atoms with Crippen LogP contribution in [0.1, 0.15) is 19.8 Å². The van der Waals surface area contributed by atoms with E-state index in [1.54, 1.807) is 34.7 Å². The van der Waals surface area contributed by atoms with Crippen molar-refractivity contribution in [3.8, 4) is 23.0 Å². The van der Waals surface area contributed by atoms with Crippen molar-refractivity contribution in [2.45, 2.75) is 26.3 Å². The third kappa shape index (κ3) is 4.80. The van der Waals surface area contributed by atoms with E-state index in [-0.39, 0.29) is 24.3 Å². The molecule has 1 saturated heterocycles. The van der Waals surface area contributed by atoms with Gasteiger partial charge in [0.2, 0.25) is 11.7 Å². The van der Waals surface area contributed by atoms with Crippen molar-refractivity contribution in [1.82, 2.24) is 19.6 Å². The molecule has 3 aromatic rings. The van der Waals surface area contributed by atoms with Crippen LogP contribution < -0.4 is 0 Å². The number of benzene rings is 1. The number of carbonyl (C=O) groups excluding carboxylic acids is 2. The van der Waals surface area contributed by atoms with E-state index < -0.39 is 0 Å². The summed E-state index contributed by atoms with van der Waals surface area (Å²) in [6, 6.07) is 10.8. The van der Waals surface area contributed by atoms with Crippen molar-refractivity contribution in [1.29, 1.82) is 0 Å². The highest BCUT2D eigenvalue weighted by Gasteiger charge is 2.29. The molecule has 1 amide bonds. The van der Waals surface area contributed by atoms with Crippen LogP contribution in [-0.2, 0) is 20.9 Å². The Morgan fingerprint density at radius 1 is 1.26 bits per heavy atom. The molecule has 0 aliphatic carbocycles. The van der Waals surface area contributed by atoms with Gasteiger partial charge in [-0.05, 0) is 56.2 Å². The Labute approximate surface area is 184 Å². The van der Waals surface area contributed by atoms with E-state index in [0.717, 1.165) is 18.4 Å². The number of esters is 1. The Bertz CT molecular complexity index is 1060. The first-order valence-electron chi connectivity index (χ1n) is 10.2. The second kappa shape index (κ2) is 9.34. The minimum Gasteiger partial charge on any atom is -0.466 e. The van der Waals surface area contributed by atoms with E-state index in [1.807, 2.05) is 24.3 Å². The molecule has 3 heterocycles. The lowest BCUT2D eigenvalue weighted by Crippen LogP contribution is -2.44. The molecule has 1 aromatic carbocycles. The van der Waals surface area contributed by atoms with Crippen molar-refractivity contribution < 1.29 is 18.8 Å². The van der Waals surface area contributed by atoms with Gasteiger partial charge in [0.25, 0.3) is 5.89 Å². The molecule has 1 aliphatic rings. The molecule has 0 N–H and O–H groups in total. The van der Waals surface area contributed by atoms with Crippen LogP contribution in [0.25, 0.3) is 23.0 Å². The Hall–Kier alpha value is -3.13. The Morgan fingerprint density at radius 3 is 2.84 bits per heavy atom. The van der Waals surface area contributed by atoms with Gasteiger partial charge >= 0.3 is 5.97 Å². The lowest BCUT2D eigenvalue weighted by molar-refractivity contribution is -0.151. The fourth-order valence-electron chi connectivity index (χ4n) is 3.69. The van der Waals surface area contributed by atoms with Gasteiger partial charge in [0.1, 0.15) is 12.2 Å². The number of hydrogen-bond donors (Lipinski definition) is 0. The standard InChI is InChI=1S/C22H23ClN4O4/c1-2-30-22(29)16-5-3-12-27(13-16)19(28)14-26-11-4-6-18(26)21-24-20(25-31-21)15-7-9-17(23)10-8-15/h4,6-11,16H,2-3,5,12-14H2,1H3/t16-/m1/s1. The van der Waals surface area contributed by atoms with Crippen molar-refractivity contribution in [2.75, 3.05) is 19.7 Å². The topological polar surface area (TPSA) is 90.5 Å². The van der Waals surface area contributed by atoms with E-state index in [4.69, 9.17) is 20.9 Å². The molecule has 0 spiro atoms. The van der Waals surface area contributed by atoms with Crippen LogP contribution in [0.15, 0.2) is 47.1 Å². The maximum absolute atomic E-state index is 12.9. The summed E-state index contributed by atoms with van der Waals surface area (Å²) in [5.41, 5.74) is 1.44. The average Bonchev–Trinajstić information content (AvgIpc) is 3.44. The average molecular weight is 443 g/mol. The fourth-order valence-corrected chi connectivity index (χ4v) is 3.82. The highest BCUT2D eigenvalue weighted by atomic mass is 35.5. The molecule has 0 bridgehead atoms. The van der Waals surface area contributed by atoms with Gasteiger partial charge in [0.05, 0.1) is 12.5 Å². The van der Waals surface area contributed by atoms with Gasteiger partial charge in [-0.15, -0.1) is 0 Å². The molecule has 31 heavy (non-hydrogen) atoms. The zero-order valence-electron chi connectivity index (χ0n) is 17.2. The molecule has 0 radical (unpaired) electrons. The highest BCUT2D eigenvalue weighted by molar-refractivity contribution is 6.30. The molecule has 4 rings (SSSR count). The molecule has 1 atom stereocenters. The van der Waals surface area contributed by atoms with Crippen LogP contribution in [-0.4, -0.2) is 51.2 Å². The highest BCUT2D eigenvalue weighted by Crippen LogP contribution is 2.24. The summed E-state index contributed by atoms with van der Waals surface area (Å²) in [4.78, 5) is 31.2. The summed E-state index contributed by atoms with van der Waals surface area (Å²) in [6.07, 6.45) is 3.32. The number of rotatable bonds is 6. The van der Waals surface area contributed by atoms with Gasteiger partial charge < -0.3 is 18.7 Å². The normalized spacial score (nSPS) is 16.3. The zero-order chi connectivity index (χ0) is 21.8. The Balaban J connectivity index is 1.46. The molecular weight excluding hydrogens is 420 g/mol. The zero-order valence-corrected chi connectivity index (χ0v) is 17.9. The van der Waals surface area contributed by atoms with E-state index in [9.17, 15) is 9.59 Å². The number of ether oxygens (including phenoxy) is 1. The molecule has 1 aliphatic heterocycles. The third-order valence-corrected chi connectivity index (χ3v) is 5.53. The van der Waals surface area contributed by atoms with Crippen LogP contribution >= 0.6 is 11.6 Å². The first kappa shape index (κ1) is 21.1. The summed E-state index contributed by atoms with van der Waals surface area (Å²) in [5.74, 6) is 0.204. The van der Waals surface area contributed by atoms with Crippen molar-refractivity contribution in [3.05, 3.63) is 47.6 Å². The van der Waals surface area contributed by atoms with E-state index in [1.165, 1.54) is 0 Å². The van der Waals surface area contributed by atoms with Gasteiger partial charge in [-0.2, -0.15) is 4.98 Å². The van der Waals surface area contributed by atoms with Crippen LogP contribution in [0, 0.1) is 5.92 Å². The van der Waals surface area contributed by atoms with Crippen LogP contribution in [0.2, 0.25) is 5.02 Å². The van der Waals surface area contributed by atoms with Crippen molar-refractivity contribution >= 4 is 23.5 Å². The first-order valence-corrected chi connectivity index (χ1v) is 10.6. The summed E-state index contributed by atoms with van der Waals surface area (Å²) >= 11 is 5.93. The summed E-state index contributed by atoms with van der Waals surface area (Å²) in [5, 5.41) is 4.67. The van der Waals surface area contributed by atoms with Crippen molar-refractivity contribution in [3.63, 3.8) is 0 Å². The molecular formula is C22H23ClN4O4. The van der Waals surface area contributed by atoms with Gasteiger partial charge in [-0.3, -0.25) is 9.59 Å². The minimum atomic E-state index is -0.264. The summed E-state index contributed by atoms with van der Waals surface area (Å²) < 4.78 is 12.3. The second-order valence-electron chi connectivity index (χ2n) is 7.38. The Morgan fingerprint density at radius 2 is 2.06 bits per heavy atom. The van der Waals surface area contributed by atoms with Crippen LogP contribution in [0.4, 0.5) is 0 Å². The first-order chi connectivity index (χ1) is 15.0. The number of hydrogen-bond acceptors (Lipinski definition) is 6. The van der Waals surface area contributed by atoms with Gasteiger partial charge in [-0.25, -0.2) is 0 Å². The number of piperidine rings is 1. The second-order valence-corrected chi connectivity index (χ2v) is 7.82. The predicted octanol–water partition coefficient (Wildman–Crippen LogP) is 3.66. The minimum absolute atomic E-state index is 0.0658. The smallest absolute Gasteiger partial charge is 0.310 e. The molecule has 162 valence electrons. The largest absolute Gasteiger partial charge is 0.466 e. The number of carbonyl (C=O) groups is 2. The van der Waals surface area contributed by atoms with Crippen molar-refractivity contribution in [2.24, 2.45) is 5.92 Å². The monoisotopic (exact) mass is 442 g/mol. The van der Waals surface area contributed by atoms with Gasteiger partial charge in [0.15, 0.2) is 0 Å².